The van der Waals surface area contributed by atoms with Crippen LogP contribution < -0.4 is 0 Å². The topological polar surface area (TPSA) is 0 Å². The predicted octanol–water partition coefficient (Wildman–Crippen LogP) is 2.45. The van der Waals surface area contributed by atoms with Crippen molar-refractivity contribution in [2.45, 2.75) is 0 Å². The van der Waals surface area contributed by atoms with Crippen molar-refractivity contribution >= 4 is 71.0 Å². The van der Waals surface area contributed by atoms with Crippen molar-refractivity contribution in [3.63, 3.8) is 0 Å². The second-order valence-electron chi connectivity index (χ2n) is 0. The molecule has 0 aliphatic rings. The van der Waals surface area contributed by atoms with E-state index >= 15 is 0 Å². The van der Waals surface area contributed by atoms with E-state index in [9.17, 15) is 0 Å². The number of thiocarbonyl (C=S) groups is 1. The molecule has 0 nitrogen and oxygen atoms in total. The first-order valence-corrected chi connectivity index (χ1v) is 5.26. The maximum atomic E-state index is 3.83. The van der Waals surface area contributed by atoms with E-state index in [4.69, 9.17) is 0 Å². The zero-order valence-corrected chi connectivity index (χ0v) is 8.94. The molecule has 1 unspecified atom stereocenters. The normalized spacial score (nSPS) is 2.00. The van der Waals surface area contributed by atoms with E-state index in [1.54, 1.807) is 0 Å². The van der Waals surface area contributed by atoms with Gasteiger partial charge in [-0.3, -0.25) is 0 Å². The summed E-state index contributed by atoms with van der Waals surface area (Å²) in [6.07, 6.45) is 0. The van der Waals surface area contributed by atoms with E-state index < -0.39 is 0 Å². The summed E-state index contributed by atoms with van der Waals surface area (Å²) in [4.78, 5) is 0. The van der Waals surface area contributed by atoms with Crippen molar-refractivity contribution in [3.8, 4) is 0 Å². The summed E-state index contributed by atoms with van der Waals surface area (Å²) in [6.45, 7) is 2.39. The van der Waals surface area contributed by atoms with Gasteiger partial charge >= 0.3 is 0 Å². The van der Waals surface area contributed by atoms with Gasteiger partial charge in [-0.25, -0.2) is 0 Å². The molecule has 0 saturated heterocycles. The summed E-state index contributed by atoms with van der Waals surface area (Å²) in [5.74, 6) is 2.83. The molecule has 5 heavy (non-hydrogen) atoms. The second kappa shape index (κ2) is 37.8. The fraction of sp³-hybridized carbons (Fsp3) is 0. The Bertz CT molecular complexity index is 9.61. The van der Waals surface area contributed by atoms with Gasteiger partial charge in [-0.2, -0.15) is 0 Å². The van der Waals surface area contributed by atoms with Crippen molar-refractivity contribution < 1.29 is 0 Å². The largest absolute Gasteiger partial charge is 0.107 e. The van der Waals surface area contributed by atoms with Gasteiger partial charge in [0.05, 0.1) is 0 Å². The summed E-state index contributed by atoms with van der Waals surface area (Å²) < 4.78 is 0. The lowest BCUT2D eigenvalue weighted by Crippen LogP contribution is -0.660. The molecule has 1 atom stereocenters. The lowest BCUT2D eigenvalue weighted by atomic mass is 12.0. The standard InChI is InChI=1S/CH2S.H2IP.HI/c2*1-2;/h1H2;2H2;1H. The molecule has 0 aliphatic heterocycles. The third-order valence-corrected chi connectivity index (χ3v) is 0. The third-order valence-electron chi connectivity index (χ3n) is 0. The molecule has 0 spiro atoms. The highest BCUT2D eigenvalue weighted by Crippen LogP contribution is 1.87. The highest BCUT2D eigenvalue weighted by molar-refractivity contribution is 14.2. The van der Waals surface area contributed by atoms with Crippen LogP contribution in [0.25, 0.3) is 0 Å². The van der Waals surface area contributed by atoms with E-state index in [0.29, 0.717) is 0 Å². The summed E-state index contributed by atoms with van der Waals surface area (Å²) in [5.41, 5.74) is 0. The Morgan fingerprint density at radius 3 is 1.40 bits per heavy atom. The molecule has 34 valence electrons. The van der Waals surface area contributed by atoms with Gasteiger partial charge in [0.1, 0.15) is 0 Å². The van der Waals surface area contributed by atoms with Crippen LogP contribution in [0.1, 0.15) is 0 Å². The molecule has 0 heterocycles. The van der Waals surface area contributed by atoms with Crippen molar-refractivity contribution in [2.24, 2.45) is 0 Å². The van der Waals surface area contributed by atoms with Crippen LogP contribution in [-0.2, 0) is 0 Å². The molecule has 4 heteroatoms. The molecule has 0 amide bonds. The van der Waals surface area contributed by atoms with Crippen LogP contribution in [0.15, 0.2) is 0 Å². The van der Waals surface area contributed by atoms with Gasteiger partial charge in [0.15, 0.2) is 0 Å². The van der Waals surface area contributed by atoms with E-state index in [0.717, 1.165) is 0 Å². The van der Waals surface area contributed by atoms with Gasteiger partial charge in [0.25, 0.3) is 0 Å². The Kier molecular flexibility index (Phi) is 119. The van der Waals surface area contributed by atoms with E-state index in [2.05, 4.69) is 47.0 Å². The Hall–Kier alpha value is 1.98. The van der Waals surface area contributed by atoms with Gasteiger partial charge in [0, 0.05) is 0 Å². The minimum absolute atomic E-state index is 0. The van der Waals surface area contributed by atoms with Crippen LogP contribution >= 0.6 is 65.1 Å². The maximum Gasteiger partial charge on any atom is -0.0351 e. The van der Waals surface area contributed by atoms with E-state index in [-0.39, 0.29) is 24.0 Å². The first-order valence-electron chi connectivity index (χ1n) is 0.507. The second-order valence-corrected chi connectivity index (χ2v) is 0. The average Bonchev–Trinajstić information content (AvgIpc) is 1.50. The average molecular weight is 334 g/mol. The molecular weight excluding hydrogens is 329 g/mol. The molecule has 0 saturated carbocycles. The Morgan fingerprint density at radius 2 is 1.40 bits per heavy atom. The molecule has 0 aliphatic carbocycles. The van der Waals surface area contributed by atoms with Crippen LogP contribution in [0.3, 0.4) is 0 Å². The molecule has 0 radical (unpaired) electrons. The minimum Gasteiger partial charge on any atom is -0.107 e. The van der Waals surface area contributed by atoms with Crippen LogP contribution in [0.4, 0.5) is 0 Å². The molecule has 0 aromatic heterocycles. The minimum atomic E-state index is 0. The lowest BCUT2D eigenvalue weighted by molar-refractivity contribution is 4.83. The summed E-state index contributed by atoms with van der Waals surface area (Å²) in [7, 11) is 0. The van der Waals surface area contributed by atoms with Crippen LogP contribution in [0.5, 0.6) is 0 Å². The van der Waals surface area contributed by atoms with Crippen molar-refractivity contribution in [1.29, 1.82) is 0 Å². The maximum absolute atomic E-state index is 3.83. The van der Waals surface area contributed by atoms with Crippen LogP contribution in [-0.4, -0.2) is 5.87 Å². The molecule has 0 aromatic carbocycles. The summed E-state index contributed by atoms with van der Waals surface area (Å²) in [6, 6.07) is 0. The zero-order valence-electron chi connectivity index (χ0n) is 2.48. The van der Waals surface area contributed by atoms with Crippen LogP contribution in [0, 0.1) is 0 Å². The monoisotopic (exact) mass is 334 g/mol. The number of halogens is 2. The van der Waals surface area contributed by atoms with Crippen LogP contribution in [0.2, 0.25) is 0 Å². The lowest BCUT2D eigenvalue weighted by Gasteiger charge is -1.07. The molecule has 0 fully saturated rings. The van der Waals surface area contributed by atoms with Gasteiger partial charge in [-0.05, 0) is 5.87 Å². The van der Waals surface area contributed by atoms with Crippen molar-refractivity contribution in [1.82, 2.24) is 0 Å². The molecular formula is CH5I2PS. The first-order chi connectivity index (χ1) is 2.00. The third kappa shape index (κ3) is 24.2. The van der Waals surface area contributed by atoms with Gasteiger partial charge < -0.3 is 0 Å². The smallest absolute Gasteiger partial charge is 0.0351 e. The first kappa shape index (κ1) is 15.8. The molecule has 0 N–H and O–H groups in total. The predicted molar refractivity (Wildman–Crippen MR) is 53.9 cm³/mol. The Balaban J connectivity index is -0.0000000133. The highest BCUT2D eigenvalue weighted by Gasteiger charge is 0.934. The Morgan fingerprint density at radius 1 is 1.40 bits per heavy atom. The molecule has 0 bridgehead atoms. The summed E-state index contributed by atoms with van der Waals surface area (Å²) >= 11 is 5.90. The van der Waals surface area contributed by atoms with Gasteiger partial charge in [-0.15, -0.1) is 24.0 Å². The Labute approximate surface area is 70.2 Å². The molecule has 0 rings (SSSR count). The number of hydrogen-bond donors (Lipinski definition) is 0. The van der Waals surface area contributed by atoms with Crippen molar-refractivity contribution in [3.05, 3.63) is 0 Å². The fourth-order valence-electron chi connectivity index (χ4n) is 0. The quantitative estimate of drug-likeness (QED) is 0.373. The number of rotatable bonds is 0. The van der Waals surface area contributed by atoms with E-state index in [1.165, 1.54) is 0 Å². The highest BCUT2D eigenvalue weighted by atomic mass is 127. The number of hydrogen-bond acceptors (Lipinski definition) is 1. The SMILES string of the molecule is C=S.I.PI. The van der Waals surface area contributed by atoms with Gasteiger partial charge in [-0.1, -0.05) is 41.1 Å². The fourth-order valence-corrected chi connectivity index (χ4v) is 0. The van der Waals surface area contributed by atoms with E-state index in [1.807, 2.05) is 0 Å². The summed E-state index contributed by atoms with van der Waals surface area (Å²) in [5, 5.41) is 0. The zero-order chi connectivity index (χ0) is 4.00. The molecule has 0 aromatic rings. The van der Waals surface area contributed by atoms with Crippen molar-refractivity contribution in [2.75, 3.05) is 0 Å². The van der Waals surface area contributed by atoms with Gasteiger partial charge in [0.2, 0.25) is 0 Å².